The first-order valence-electron chi connectivity index (χ1n) is 7.58. The molecule has 0 aromatic heterocycles. The Kier molecular flexibility index (Phi) is 4.24. The molecule has 1 aliphatic heterocycles. The first-order chi connectivity index (χ1) is 11.6. The lowest BCUT2D eigenvalue weighted by molar-refractivity contribution is -0.116. The van der Waals surface area contributed by atoms with Crippen molar-refractivity contribution < 1.29 is 4.79 Å². The minimum Gasteiger partial charge on any atom is -0.382 e. The van der Waals surface area contributed by atoms with Gasteiger partial charge in [0.1, 0.15) is 0 Å². The Hall–Kier alpha value is -3.22. The van der Waals surface area contributed by atoms with E-state index < -0.39 is 0 Å². The molecule has 5 N–H and O–H groups in total. The molecule has 3 rings (SSSR count). The van der Waals surface area contributed by atoms with Gasteiger partial charge in [-0.25, -0.2) is 0 Å². The fourth-order valence-electron chi connectivity index (χ4n) is 2.79. The maximum Gasteiger partial charge on any atom is 0.226 e. The van der Waals surface area contributed by atoms with Gasteiger partial charge in [0.25, 0.3) is 0 Å². The van der Waals surface area contributed by atoms with Gasteiger partial charge in [0.05, 0.1) is 11.4 Å². The van der Waals surface area contributed by atoms with E-state index in [2.05, 4.69) is 21.0 Å². The molecule has 2 aromatic carbocycles. The highest BCUT2D eigenvalue weighted by molar-refractivity contribution is 6.02. The SMILES string of the molecule is C[C@@H]1CC(=O)Nc2cccc(-c3cccc(C(N)=NN=N)c3)c2N1. The van der Waals surface area contributed by atoms with Crippen molar-refractivity contribution >= 4 is 23.1 Å². The van der Waals surface area contributed by atoms with Gasteiger partial charge in [-0.2, -0.15) is 5.53 Å². The molecular formula is C17H18N6O. The predicted octanol–water partition coefficient (Wildman–Crippen LogP) is 3.15. The van der Waals surface area contributed by atoms with Gasteiger partial charge >= 0.3 is 0 Å². The molecule has 1 amide bonds. The number of amides is 1. The Balaban J connectivity index is 2.10. The molecule has 0 saturated carbocycles. The molecule has 1 atom stereocenters. The van der Waals surface area contributed by atoms with Gasteiger partial charge in [-0.15, -0.1) is 5.10 Å². The van der Waals surface area contributed by atoms with Crippen LogP contribution in [0.3, 0.4) is 0 Å². The molecule has 7 heteroatoms. The lowest BCUT2D eigenvalue weighted by atomic mass is 9.99. The Bertz CT molecular complexity index is 830. The first kappa shape index (κ1) is 15.7. The van der Waals surface area contributed by atoms with Crippen LogP contribution in [0.25, 0.3) is 11.1 Å². The van der Waals surface area contributed by atoms with Gasteiger partial charge in [0.2, 0.25) is 5.91 Å². The summed E-state index contributed by atoms with van der Waals surface area (Å²) in [6, 6.07) is 13.3. The van der Waals surface area contributed by atoms with Gasteiger partial charge in [-0.1, -0.05) is 35.6 Å². The van der Waals surface area contributed by atoms with E-state index in [9.17, 15) is 4.79 Å². The molecule has 0 radical (unpaired) electrons. The summed E-state index contributed by atoms with van der Waals surface area (Å²) in [5, 5.41) is 12.9. The minimum absolute atomic E-state index is 0.00640. The second kappa shape index (κ2) is 6.49. The molecule has 1 aliphatic rings. The van der Waals surface area contributed by atoms with Gasteiger partial charge in [-0.05, 0) is 24.6 Å². The minimum atomic E-state index is -0.00640. The van der Waals surface area contributed by atoms with E-state index in [4.69, 9.17) is 11.3 Å². The smallest absolute Gasteiger partial charge is 0.226 e. The van der Waals surface area contributed by atoms with Crippen LogP contribution in [0, 0.1) is 5.53 Å². The number of carbonyl (C=O) groups excluding carboxylic acids is 1. The van der Waals surface area contributed by atoms with Crippen molar-refractivity contribution in [3.63, 3.8) is 0 Å². The molecule has 1 heterocycles. The second-order valence-corrected chi connectivity index (χ2v) is 5.69. The Labute approximate surface area is 139 Å². The van der Waals surface area contributed by atoms with E-state index >= 15 is 0 Å². The van der Waals surface area contributed by atoms with E-state index in [0.29, 0.717) is 12.0 Å². The van der Waals surface area contributed by atoms with Crippen molar-refractivity contribution in [2.24, 2.45) is 16.1 Å². The maximum atomic E-state index is 11.9. The Morgan fingerprint density at radius 3 is 2.88 bits per heavy atom. The summed E-state index contributed by atoms with van der Waals surface area (Å²) in [6.07, 6.45) is 0.415. The summed E-state index contributed by atoms with van der Waals surface area (Å²) in [4.78, 5) is 11.9. The molecule has 7 nitrogen and oxygen atoms in total. The van der Waals surface area contributed by atoms with Crippen molar-refractivity contribution in [3.8, 4) is 11.1 Å². The highest BCUT2D eigenvalue weighted by Crippen LogP contribution is 2.36. The van der Waals surface area contributed by atoms with Crippen molar-refractivity contribution in [1.29, 1.82) is 5.53 Å². The van der Waals surface area contributed by atoms with Crippen molar-refractivity contribution in [3.05, 3.63) is 48.0 Å². The molecule has 2 aromatic rings. The third kappa shape index (κ3) is 3.10. The van der Waals surface area contributed by atoms with Crippen LogP contribution in [0.4, 0.5) is 11.4 Å². The molecule has 0 spiro atoms. The number of hydrogen-bond acceptors (Lipinski definition) is 4. The summed E-state index contributed by atoms with van der Waals surface area (Å²) in [6.45, 7) is 1.97. The second-order valence-electron chi connectivity index (χ2n) is 5.69. The van der Waals surface area contributed by atoms with Crippen LogP contribution in [0.5, 0.6) is 0 Å². The van der Waals surface area contributed by atoms with Crippen LogP contribution in [0.2, 0.25) is 0 Å². The van der Waals surface area contributed by atoms with Crippen LogP contribution in [-0.2, 0) is 4.79 Å². The van der Waals surface area contributed by atoms with Gasteiger partial charge < -0.3 is 16.4 Å². The van der Waals surface area contributed by atoms with Crippen LogP contribution >= 0.6 is 0 Å². The zero-order valence-electron chi connectivity index (χ0n) is 13.2. The summed E-state index contributed by atoms with van der Waals surface area (Å²) in [5.41, 5.74) is 16.8. The fourth-order valence-corrected chi connectivity index (χ4v) is 2.79. The normalized spacial score (nSPS) is 17.3. The number of fused-ring (bicyclic) bond motifs is 1. The van der Waals surface area contributed by atoms with Gasteiger partial charge in [0.15, 0.2) is 5.84 Å². The monoisotopic (exact) mass is 322 g/mol. The Morgan fingerprint density at radius 1 is 1.29 bits per heavy atom. The number of nitrogens with two attached hydrogens (primary N) is 1. The average Bonchev–Trinajstić information content (AvgIpc) is 2.71. The molecule has 122 valence electrons. The zero-order chi connectivity index (χ0) is 17.1. The summed E-state index contributed by atoms with van der Waals surface area (Å²) in [5.74, 6) is 0.177. The largest absolute Gasteiger partial charge is 0.382 e. The Morgan fingerprint density at radius 2 is 2.08 bits per heavy atom. The third-order valence-electron chi connectivity index (χ3n) is 3.85. The van der Waals surface area contributed by atoms with E-state index in [-0.39, 0.29) is 17.8 Å². The van der Waals surface area contributed by atoms with E-state index in [1.807, 2.05) is 49.4 Å². The molecule has 0 saturated heterocycles. The molecule has 0 unspecified atom stereocenters. The van der Waals surface area contributed by atoms with E-state index in [1.165, 1.54) is 0 Å². The average molecular weight is 322 g/mol. The van der Waals surface area contributed by atoms with Crippen LogP contribution in [0.1, 0.15) is 18.9 Å². The van der Waals surface area contributed by atoms with Crippen molar-refractivity contribution in [2.75, 3.05) is 10.6 Å². The number of rotatable bonds is 3. The number of carbonyl (C=O) groups is 1. The summed E-state index contributed by atoms with van der Waals surface area (Å²) in [7, 11) is 0. The molecule has 0 aliphatic carbocycles. The standard InChI is InChI=1S/C17H18N6O/c1-10-8-15(24)21-14-7-3-6-13(16(14)20-10)11-4-2-5-12(9-11)17(18)22-23-19/h2-7,9-10,20H,8H2,1H3,(H,21,24)(H3,18,19,22)/t10-/m1/s1. The molecule has 0 fully saturated rings. The highest BCUT2D eigenvalue weighted by Gasteiger charge is 2.20. The van der Waals surface area contributed by atoms with Gasteiger partial charge in [-0.3, -0.25) is 4.79 Å². The van der Waals surface area contributed by atoms with Crippen LogP contribution < -0.4 is 16.4 Å². The predicted molar refractivity (Wildman–Crippen MR) is 94.1 cm³/mol. The fraction of sp³-hybridized carbons (Fsp3) is 0.176. The maximum absolute atomic E-state index is 11.9. The number of amidine groups is 1. The number of para-hydroxylation sites is 1. The highest BCUT2D eigenvalue weighted by atomic mass is 16.1. The quantitative estimate of drug-likeness (QED) is 0.301. The first-order valence-corrected chi connectivity index (χ1v) is 7.58. The summed E-state index contributed by atoms with van der Waals surface area (Å²) < 4.78 is 0. The number of anilines is 2. The number of nitrogens with one attached hydrogen (secondary N) is 3. The number of nitrogens with zero attached hydrogens (tertiary/aromatic N) is 2. The summed E-state index contributed by atoms with van der Waals surface area (Å²) >= 11 is 0. The zero-order valence-corrected chi connectivity index (χ0v) is 13.2. The van der Waals surface area contributed by atoms with Crippen LogP contribution in [-0.4, -0.2) is 17.8 Å². The third-order valence-corrected chi connectivity index (χ3v) is 3.85. The lowest BCUT2D eigenvalue weighted by Crippen LogP contribution is -2.19. The molecule has 24 heavy (non-hydrogen) atoms. The van der Waals surface area contributed by atoms with Crippen molar-refractivity contribution in [1.82, 2.24) is 0 Å². The van der Waals surface area contributed by atoms with E-state index in [0.717, 1.165) is 22.5 Å². The number of hydrogen-bond donors (Lipinski definition) is 4. The van der Waals surface area contributed by atoms with E-state index in [1.54, 1.807) is 0 Å². The van der Waals surface area contributed by atoms with Crippen molar-refractivity contribution in [2.45, 2.75) is 19.4 Å². The topological polar surface area (TPSA) is 116 Å². The molecule has 0 bridgehead atoms. The van der Waals surface area contributed by atoms with Gasteiger partial charge in [0, 0.05) is 23.6 Å². The lowest BCUT2D eigenvalue weighted by Gasteiger charge is -2.17. The van der Waals surface area contributed by atoms with Crippen LogP contribution in [0.15, 0.2) is 52.8 Å². The number of benzene rings is 2. The molecular weight excluding hydrogens is 304 g/mol.